The fourth-order valence-electron chi connectivity index (χ4n) is 10.2. The number of aliphatic hydroxyl groups excluding tert-OH is 2. The van der Waals surface area contributed by atoms with Gasteiger partial charge in [0.1, 0.15) is 31.3 Å². The third-order valence-electron chi connectivity index (χ3n) is 13.2. The molecule has 6 unspecified atom stereocenters. The van der Waals surface area contributed by atoms with Crippen LogP contribution in [-0.4, -0.2) is 96.6 Å². The molecule has 1 amide bonds. The Kier molecular flexibility index (Phi) is 13.7. The first-order chi connectivity index (χ1) is 30.4. The molecule has 324 valence electrons. The van der Waals surface area contributed by atoms with E-state index in [1.807, 2.05) is 35.2 Å². The van der Waals surface area contributed by atoms with Crippen molar-refractivity contribution >= 4 is 22.4 Å². The fraction of sp³-hybridized carbons (Fsp3) is 0.431. The minimum Gasteiger partial charge on any atom is -0.492 e. The lowest BCUT2D eigenvalue weighted by Crippen LogP contribution is -2.70. The number of ether oxygens (including phenoxy) is 3. The zero-order valence-corrected chi connectivity index (χ0v) is 35.7. The first-order valence-electron chi connectivity index (χ1n) is 22.2. The maximum Gasteiger partial charge on any atom is 0.254 e. The van der Waals surface area contributed by atoms with E-state index >= 15 is 4.79 Å². The predicted octanol–water partition coefficient (Wildman–Crippen LogP) is 8.01. The minimum absolute atomic E-state index is 0.0828. The Morgan fingerprint density at radius 3 is 2.53 bits per heavy atom. The molecule has 0 aromatic heterocycles. The van der Waals surface area contributed by atoms with Crippen molar-refractivity contribution < 1.29 is 34.1 Å². The highest BCUT2D eigenvalue weighted by Crippen LogP contribution is 2.62. The second-order valence-corrected chi connectivity index (χ2v) is 16.9. The van der Waals surface area contributed by atoms with E-state index in [4.69, 9.17) is 24.2 Å². The quantitative estimate of drug-likeness (QED) is 0.0393. The lowest BCUT2D eigenvalue weighted by molar-refractivity contribution is -0.255. The molecule has 0 radical (unpaired) electrons. The van der Waals surface area contributed by atoms with E-state index in [1.54, 1.807) is 37.5 Å². The first kappa shape index (κ1) is 43.2. The molecule has 0 spiro atoms. The van der Waals surface area contributed by atoms with Crippen molar-refractivity contribution in [3.63, 3.8) is 0 Å². The molecule has 11 heteroatoms. The van der Waals surface area contributed by atoms with Gasteiger partial charge in [-0.1, -0.05) is 72.6 Å². The molecule has 11 nitrogen and oxygen atoms in total. The van der Waals surface area contributed by atoms with Crippen LogP contribution >= 0.6 is 0 Å². The number of unbranched alkanes of at least 4 members (excludes halogenated alkanes) is 2. The van der Waals surface area contributed by atoms with Crippen LogP contribution in [0.15, 0.2) is 114 Å². The van der Waals surface area contributed by atoms with Crippen molar-refractivity contribution in [1.82, 2.24) is 9.80 Å². The van der Waals surface area contributed by atoms with E-state index in [1.165, 1.54) is 0 Å². The van der Waals surface area contributed by atoms with Gasteiger partial charge < -0.3 is 34.2 Å². The number of oxime groups is 1. The van der Waals surface area contributed by atoms with Gasteiger partial charge in [0.25, 0.3) is 5.91 Å². The molecule has 4 aromatic rings. The summed E-state index contributed by atoms with van der Waals surface area (Å²) in [5.41, 5.74) is 4.56. The summed E-state index contributed by atoms with van der Waals surface area (Å²) in [5.74, 6) is -0.664. The zero-order chi connectivity index (χ0) is 43.1. The van der Waals surface area contributed by atoms with Crippen molar-refractivity contribution in [2.24, 2.45) is 22.9 Å². The van der Waals surface area contributed by atoms with Gasteiger partial charge in [-0.05, 0) is 102 Å². The van der Waals surface area contributed by atoms with E-state index in [0.29, 0.717) is 36.3 Å². The molecule has 4 aliphatic rings. The van der Waals surface area contributed by atoms with E-state index in [9.17, 15) is 15.5 Å². The molecule has 4 aromatic carbocycles. The molecule has 2 N–H and O–H groups in total. The van der Waals surface area contributed by atoms with E-state index in [0.717, 1.165) is 84.3 Å². The molecule has 1 saturated heterocycles. The molecule has 2 heterocycles. The number of nitrogens with zero attached hydrogens (tertiary/aromatic N) is 4. The highest BCUT2D eigenvalue weighted by molar-refractivity contribution is 6.03. The zero-order valence-electron chi connectivity index (χ0n) is 35.7. The van der Waals surface area contributed by atoms with Gasteiger partial charge >= 0.3 is 0 Å². The average Bonchev–Trinajstić information content (AvgIpc) is 4.13. The number of benzene rings is 4. The maximum atomic E-state index is 15.4. The summed E-state index contributed by atoms with van der Waals surface area (Å²) in [6.45, 7) is 8.30. The van der Waals surface area contributed by atoms with Crippen LogP contribution in [0.4, 0.5) is 0 Å². The molecule has 1 saturated carbocycles. The molecule has 2 aliphatic carbocycles. The Morgan fingerprint density at radius 2 is 1.79 bits per heavy atom. The number of fused-ring (bicyclic) bond motifs is 3. The molecular weight excluding hydrogens is 781 g/mol. The molecular formula is C51H58N4O7. The smallest absolute Gasteiger partial charge is 0.254 e. The van der Waals surface area contributed by atoms with Crippen molar-refractivity contribution in [1.29, 1.82) is 5.26 Å². The van der Waals surface area contributed by atoms with Gasteiger partial charge in [0.05, 0.1) is 29.9 Å². The van der Waals surface area contributed by atoms with Gasteiger partial charge in [0.2, 0.25) is 5.79 Å². The Morgan fingerprint density at radius 1 is 1.02 bits per heavy atom. The van der Waals surface area contributed by atoms with Crippen molar-refractivity contribution in [3.05, 3.63) is 131 Å². The summed E-state index contributed by atoms with van der Waals surface area (Å²) < 4.78 is 21.1. The number of hydrogen-bond acceptors (Lipinski definition) is 10. The normalized spacial score (nSPS) is 24.3. The molecule has 2 aliphatic heterocycles. The van der Waals surface area contributed by atoms with Crippen LogP contribution in [0.5, 0.6) is 11.5 Å². The van der Waals surface area contributed by atoms with Gasteiger partial charge in [-0.15, -0.1) is 6.58 Å². The Labute approximate surface area is 364 Å². The lowest BCUT2D eigenvalue weighted by atomic mass is 9.55. The standard InChI is InChI=1S/C51H58N4O7/c1-3-28-61-51-47(55(50(58)37-19-17-35(33-52)18-20-37)34-39-14-10-13-36-11-4-5-15-41(36)39)32-45(53-59-2)43-30-38(12-6-8-26-56)42(16-7-9-27-57)48(49(43)51)44-31-40(21-22-46(44)62-51)60-29-25-54-23-24-54/h3-5,10-11,13-15,17-22,30-31,38,42,47-49,56-57H,1,6-9,12,16,23-29,32,34H2,2H3. The highest BCUT2D eigenvalue weighted by atomic mass is 16.7. The van der Waals surface area contributed by atoms with Gasteiger partial charge in [0.15, 0.2) is 0 Å². The summed E-state index contributed by atoms with van der Waals surface area (Å²) >= 11 is 0. The predicted molar refractivity (Wildman–Crippen MR) is 239 cm³/mol. The van der Waals surface area contributed by atoms with E-state index in [2.05, 4.69) is 54.0 Å². The van der Waals surface area contributed by atoms with Crippen LogP contribution in [0.1, 0.15) is 77.9 Å². The van der Waals surface area contributed by atoms with Crippen molar-refractivity contribution in [2.45, 2.75) is 69.2 Å². The van der Waals surface area contributed by atoms with Crippen LogP contribution in [0, 0.1) is 29.1 Å². The number of nitriles is 1. The fourth-order valence-corrected chi connectivity index (χ4v) is 10.2. The number of amides is 1. The number of hydrogen-bond donors (Lipinski definition) is 2. The number of carbonyl (C=O) groups is 1. The first-order valence-corrected chi connectivity index (χ1v) is 22.2. The van der Waals surface area contributed by atoms with E-state index < -0.39 is 17.7 Å². The summed E-state index contributed by atoms with van der Waals surface area (Å²) in [6.07, 6.45) is 9.05. The molecule has 0 bridgehead atoms. The molecule has 2 fully saturated rings. The van der Waals surface area contributed by atoms with Crippen molar-refractivity contribution in [2.75, 3.05) is 53.2 Å². The summed E-state index contributed by atoms with van der Waals surface area (Å²) in [7, 11) is 1.56. The summed E-state index contributed by atoms with van der Waals surface area (Å²) in [5, 5.41) is 36.4. The average molecular weight is 839 g/mol. The highest BCUT2D eigenvalue weighted by Gasteiger charge is 2.65. The number of allylic oxidation sites excluding steroid dienone is 1. The van der Waals surface area contributed by atoms with Gasteiger partial charge in [-0.2, -0.15) is 5.26 Å². The van der Waals surface area contributed by atoms with Gasteiger partial charge in [-0.25, -0.2) is 0 Å². The van der Waals surface area contributed by atoms with Gasteiger partial charge in [0, 0.05) is 62.9 Å². The van der Waals surface area contributed by atoms with Crippen molar-refractivity contribution in [3.8, 4) is 17.6 Å². The molecule has 6 atom stereocenters. The van der Waals surface area contributed by atoms with Crippen LogP contribution in [0.25, 0.3) is 10.8 Å². The third-order valence-corrected chi connectivity index (χ3v) is 13.2. The Balaban J connectivity index is 1.34. The topological polar surface area (TPSA) is 137 Å². The Bertz CT molecular complexity index is 2310. The van der Waals surface area contributed by atoms with Crippen LogP contribution in [0.2, 0.25) is 0 Å². The summed E-state index contributed by atoms with van der Waals surface area (Å²) in [6, 6.07) is 28.7. The van der Waals surface area contributed by atoms with Gasteiger partial charge in [-0.3, -0.25) is 9.69 Å². The second-order valence-electron chi connectivity index (χ2n) is 16.9. The summed E-state index contributed by atoms with van der Waals surface area (Å²) in [4.78, 5) is 25.3. The third kappa shape index (κ3) is 8.88. The second kappa shape index (κ2) is 19.7. The minimum atomic E-state index is -1.43. The monoisotopic (exact) mass is 838 g/mol. The van der Waals surface area contributed by atoms with E-state index in [-0.39, 0.29) is 56.4 Å². The Hall–Kier alpha value is -5.51. The number of rotatable bonds is 20. The molecule has 62 heavy (non-hydrogen) atoms. The lowest BCUT2D eigenvalue weighted by Gasteiger charge is -2.60. The maximum absolute atomic E-state index is 15.4. The number of aliphatic hydroxyl groups is 2. The molecule has 8 rings (SSSR count). The largest absolute Gasteiger partial charge is 0.492 e. The number of carbonyl (C=O) groups excluding carboxylic acids is 1. The van der Waals surface area contributed by atoms with Crippen LogP contribution in [0.3, 0.4) is 0 Å². The van der Waals surface area contributed by atoms with Crippen LogP contribution in [-0.2, 0) is 16.1 Å². The van der Waals surface area contributed by atoms with Crippen LogP contribution < -0.4 is 9.47 Å². The SMILES string of the molecule is C=CCOC12Oc3ccc(OCCN4CC4)cc3C3C(CCCCO)C(CCCCO)C=C(C(=NOC)CC1N(Cc1cccc4ccccc14)C(=O)c1ccc(C#N)cc1)C32.